The molecule has 0 radical (unpaired) electrons. The van der Waals surface area contributed by atoms with Crippen LogP contribution in [-0.4, -0.2) is 36.4 Å². The number of hydrogen-bond donors (Lipinski definition) is 1. The molecular formula is C20H23N3O2. The molecule has 2 aromatic rings. The molecule has 0 spiro atoms. The van der Waals surface area contributed by atoms with E-state index in [1.165, 1.54) is 0 Å². The fourth-order valence-corrected chi connectivity index (χ4v) is 3.44. The monoisotopic (exact) mass is 337 g/mol. The third kappa shape index (κ3) is 4.09. The summed E-state index contributed by atoms with van der Waals surface area (Å²) in [6.07, 6.45) is 4.40. The number of rotatable bonds is 6. The van der Waals surface area contributed by atoms with Gasteiger partial charge in [-0.25, -0.2) is 4.98 Å². The van der Waals surface area contributed by atoms with Crippen LogP contribution in [-0.2, 0) is 0 Å². The summed E-state index contributed by atoms with van der Waals surface area (Å²) in [5, 5.41) is 19.4. The average Bonchev–Trinajstić information content (AvgIpc) is 2.69. The van der Waals surface area contributed by atoms with Crippen molar-refractivity contribution in [2.24, 2.45) is 5.41 Å². The number of nitriles is 1. The molecule has 5 nitrogen and oxygen atoms in total. The highest BCUT2D eigenvalue weighted by Gasteiger charge is 2.36. The summed E-state index contributed by atoms with van der Waals surface area (Å²) in [7, 11) is 0. The van der Waals surface area contributed by atoms with Crippen LogP contribution in [0.3, 0.4) is 0 Å². The van der Waals surface area contributed by atoms with Gasteiger partial charge in [0, 0.05) is 24.7 Å². The van der Waals surface area contributed by atoms with E-state index in [0.29, 0.717) is 24.5 Å². The highest BCUT2D eigenvalue weighted by Crippen LogP contribution is 2.35. The first-order chi connectivity index (χ1) is 12.3. The van der Waals surface area contributed by atoms with E-state index in [2.05, 4.69) is 16.0 Å². The average molecular weight is 337 g/mol. The standard InChI is InChI=1S/C20H23N3O2/c21-14-17-6-4-11-22-19(17)23-12-5-9-20(15-23,16-24)10-13-25-18-7-2-1-3-8-18/h1-4,6-8,11,24H,5,9-10,12-13,15-16H2/t20-/m1/s1. The van der Waals surface area contributed by atoms with E-state index in [-0.39, 0.29) is 12.0 Å². The Morgan fingerprint density at radius 2 is 2.08 bits per heavy atom. The molecule has 0 unspecified atom stereocenters. The van der Waals surface area contributed by atoms with Crippen LogP contribution < -0.4 is 9.64 Å². The Morgan fingerprint density at radius 3 is 2.84 bits per heavy atom. The molecule has 1 N–H and O–H groups in total. The minimum Gasteiger partial charge on any atom is -0.494 e. The summed E-state index contributed by atoms with van der Waals surface area (Å²) in [6, 6.07) is 15.5. The number of ether oxygens (including phenoxy) is 1. The Hall–Kier alpha value is -2.58. The zero-order valence-corrected chi connectivity index (χ0v) is 14.3. The van der Waals surface area contributed by atoms with Gasteiger partial charge in [0.05, 0.1) is 18.8 Å². The molecule has 0 aliphatic carbocycles. The highest BCUT2D eigenvalue weighted by atomic mass is 16.5. The molecule has 1 aliphatic rings. The maximum absolute atomic E-state index is 10.1. The minimum absolute atomic E-state index is 0.108. The van der Waals surface area contributed by atoms with Crippen LogP contribution >= 0.6 is 0 Å². The van der Waals surface area contributed by atoms with E-state index in [1.807, 2.05) is 30.3 Å². The van der Waals surface area contributed by atoms with Crippen LogP contribution in [0.2, 0.25) is 0 Å². The third-order valence-corrected chi connectivity index (χ3v) is 4.85. The van der Waals surface area contributed by atoms with Crippen molar-refractivity contribution in [3.63, 3.8) is 0 Å². The van der Waals surface area contributed by atoms with Gasteiger partial charge in [-0.15, -0.1) is 0 Å². The van der Waals surface area contributed by atoms with E-state index in [4.69, 9.17) is 4.74 Å². The molecular weight excluding hydrogens is 314 g/mol. The van der Waals surface area contributed by atoms with Crippen molar-refractivity contribution in [1.82, 2.24) is 4.98 Å². The molecule has 2 heterocycles. The zero-order valence-electron chi connectivity index (χ0n) is 14.3. The van der Waals surface area contributed by atoms with Crippen molar-refractivity contribution in [1.29, 1.82) is 5.26 Å². The lowest BCUT2D eigenvalue weighted by Crippen LogP contribution is -2.46. The van der Waals surface area contributed by atoms with Crippen molar-refractivity contribution in [3.8, 4) is 11.8 Å². The van der Waals surface area contributed by atoms with Crippen LogP contribution in [0.25, 0.3) is 0 Å². The molecule has 130 valence electrons. The van der Waals surface area contributed by atoms with Gasteiger partial charge < -0.3 is 14.7 Å². The van der Waals surface area contributed by atoms with E-state index in [0.717, 1.165) is 31.6 Å². The summed E-state index contributed by atoms with van der Waals surface area (Å²) in [5.41, 5.74) is 0.355. The Morgan fingerprint density at radius 1 is 1.24 bits per heavy atom. The number of aromatic nitrogens is 1. The molecule has 1 atom stereocenters. The van der Waals surface area contributed by atoms with Gasteiger partial charge in [0.2, 0.25) is 0 Å². The molecule has 3 rings (SSSR count). The number of aliphatic hydroxyl groups excluding tert-OH is 1. The highest BCUT2D eigenvalue weighted by molar-refractivity contribution is 5.53. The fraction of sp³-hybridized carbons (Fsp3) is 0.400. The minimum atomic E-state index is -0.225. The van der Waals surface area contributed by atoms with E-state index in [9.17, 15) is 10.4 Å². The quantitative estimate of drug-likeness (QED) is 0.877. The maximum Gasteiger partial charge on any atom is 0.146 e. The molecule has 1 aliphatic heterocycles. The van der Waals surface area contributed by atoms with Crippen LogP contribution in [0.4, 0.5) is 5.82 Å². The lowest BCUT2D eigenvalue weighted by atomic mass is 9.78. The first-order valence-electron chi connectivity index (χ1n) is 8.65. The van der Waals surface area contributed by atoms with Crippen molar-refractivity contribution >= 4 is 5.82 Å². The molecule has 25 heavy (non-hydrogen) atoms. The third-order valence-electron chi connectivity index (χ3n) is 4.85. The summed E-state index contributed by atoms with van der Waals surface area (Å²) >= 11 is 0. The van der Waals surface area contributed by atoms with Gasteiger partial charge in [0.1, 0.15) is 17.6 Å². The maximum atomic E-state index is 10.1. The Balaban J connectivity index is 1.67. The summed E-state index contributed by atoms with van der Waals surface area (Å²) in [4.78, 5) is 6.52. The van der Waals surface area contributed by atoms with Crippen LogP contribution in [0, 0.1) is 16.7 Å². The number of nitrogens with zero attached hydrogens (tertiary/aromatic N) is 3. The normalized spacial score (nSPS) is 20.1. The fourth-order valence-electron chi connectivity index (χ4n) is 3.44. The van der Waals surface area contributed by atoms with Gasteiger partial charge in [-0.1, -0.05) is 18.2 Å². The van der Waals surface area contributed by atoms with E-state index >= 15 is 0 Å². The number of hydrogen-bond acceptors (Lipinski definition) is 5. The van der Waals surface area contributed by atoms with E-state index in [1.54, 1.807) is 18.3 Å². The van der Waals surface area contributed by atoms with Gasteiger partial charge >= 0.3 is 0 Å². The van der Waals surface area contributed by atoms with Crippen LogP contribution in [0.5, 0.6) is 5.75 Å². The molecule has 0 saturated carbocycles. The molecule has 0 bridgehead atoms. The van der Waals surface area contributed by atoms with Gasteiger partial charge in [0.15, 0.2) is 0 Å². The van der Waals surface area contributed by atoms with Crippen molar-refractivity contribution < 1.29 is 9.84 Å². The second kappa shape index (κ2) is 8.00. The smallest absolute Gasteiger partial charge is 0.146 e. The van der Waals surface area contributed by atoms with E-state index < -0.39 is 0 Å². The lowest BCUT2D eigenvalue weighted by Gasteiger charge is -2.42. The molecule has 1 saturated heterocycles. The lowest BCUT2D eigenvalue weighted by molar-refractivity contribution is 0.0792. The number of aliphatic hydroxyl groups is 1. The summed E-state index contributed by atoms with van der Waals surface area (Å²) < 4.78 is 5.82. The van der Waals surface area contributed by atoms with Crippen molar-refractivity contribution in [2.45, 2.75) is 19.3 Å². The first-order valence-corrected chi connectivity index (χ1v) is 8.65. The van der Waals surface area contributed by atoms with Gasteiger partial charge in [-0.3, -0.25) is 0 Å². The molecule has 1 fully saturated rings. The molecule has 1 aromatic heterocycles. The second-order valence-corrected chi connectivity index (χ2v) is 6.58. The summed E-state index contributed by atoms with van der Waals surface area (Å²) in [5.74, 6) is 1.56. The molecule has 5 heteroatoms. The van der Waals surface area contributed by atoms with Crippen LogP contribution in [0.15, 0.2) is 48.7 Å². The SMILES string of the molecule is N#Cc1cccnc1N1CCC[C@@](CO)(CCOc2ccccc2)C1. The van der Waals surface area contributed by atoms with Gasteiger partial charge in [-0.2, -0.15) is 5.26 Å². The number of benzene rings is 1. The number of anilines is 1. The molecule has 1 aromatic carbocycles. The second-order valence-electron chi connectivity index (χ2n) is 6.58. The Kier molecular flexibility index (Phi) is 5.52. The predicted octanol–water partition coefficient (Wildman–Crippen LogP) is 3.00. The largest absolute Gasteiger partial charge is 0.494 e. The molecule has 0 amide bonds. The van der Waals surface area contributed by atoms with Crippen LogP contribution in [0.1, 0.15) is 24.8 Å². The number of piperidine rings is 1. The topological polar surface area (TPSA) is 69.4 Å². The van der Waals surface area contributed by atoms with Crippen molar-refractivity contribution in [2.75, 3.05) is 31.2 Å². The zero-order chi connectivity index (χ0) is 17.5. The first kappa shape index (κ1) is 17.2. The number of pyridine rings is 1. The van der Waals surface area contributed by atoms with Gasteiger partial charge in [0.25, 0.3) is 0 Å². The Bertz CT molecular complexity index is 729. The van der Waals surface area contributed by atoms with Crippen molar-refractivity contribution in [3.05, 3.63) is 54.2 Å². The van der Waals surface area contributed by atoms with Gasteiger partial charge in [-0.05, 0) is 43.5 Å². The number of para-hydroxylation sites is 1. The summed E-state index contributed by atoms with van der Waals surface area (Å²) in [6.45, 7) is 2.21. The predicted molar refractivity (Wildman–Crippen MR) is 96.5 cm³/mol. The Labute approximate surface area is 148 Å².